The predicted molar refractivity (Wildman–Crippen MR) is 91.3 cm³/mol. The molecule has 1 N–H and O–H groups in total. The van der Waals surface area contributed by atoms with Gasteiger partial charge in [0.2, 0.25) is 0 Å². The number of hydrogen-bond acceptors (Lipinski definition) is 4. The Bertz CT molecular complexity index is 668. The van der Waals surface area contributed by atoms with E-state index >= 15 is 0 Å². The Balaban J connectivity index is 1.95. The summed E-state index contributed by atoms with van der Waals surface area (Å²) in [6.45, 7) is 0.907. The molecule has 21 heavy (non-hydrogen) atoms. The number of aliphatic carboxylic acids is 1. The number of thioether (sulfide) groups is 2. The largest absolute Gasteiger partial charge is 0.481 e. The maximum absolute atomic E-state index is 10.8. The second-order valence-corrected chi connectivity index (χ2v) is 8.22. The number of fused-ring (bicyclic) bond motifs is 1. The lowest BCUT2D eigenvalue weighted by Crippen LogP contribution is -2.11. The van der Waals surface area contributed by atoms with Crippen molar-refractivity contribution >= 4 is 56.5 Å². The topological polar surface area (TPSA) is 55.1 Å². The highest BCUT2D eigenvalue weighted by atomic mass is 79.9. The first-order valence-corrected chi connectivity index (χ1v) is 9.58. The van der Waals surface area contributed by atoms with Crippen LogP contribution in [0.25, 0.3) is 11.0 Å². The fourth-order valence-corrected chi connectivity index (χ4v) is 4.83. The Hall–Kier alpha value is -0.660. The smallest absolute Gasteiger partial charge is 0.313 e. The molecule has 2 heterocycles. The van der Waals surface area contributed by atoms with Crippen LogP contribution < -0.4 is 0 Å². The lowest BCUT2D eigenvalue weighted by molar-refractivity contribution is -0.133. The summed E-state index contributed by atoms with van der Waals surface area (Å²) in [5.41, 5.74) is 2.00. The van der Waals surface area contributed by atoms with Crippen molar-refractivity contribution in [3.8, 4) is 0 Å². The van der Waals surface area contributed by atoms with Crippen molar-refractivity contribution in [3.05, 3.63) is 22.7 Å². The quantitative estimate of drug-likeness (QED) is 0.790. The molecule has 0 aliphatic carbocycles. The highest BCUT2D eigenvalue weighted by Crippen LogP contribution is 2.32. The van der Waals surface area contributed by atoms with Crippen LogP contribution >= 0.6 is 39.5 Å². The number of benzene rings is 1. The fraction of sp³-hybridized carbons (Fsp3) is 0.429. The molecule has 0 bridgehead atoms. The van der Waals surface area contributed by atoms with Crippen LogP contribution in [0.5, 0.6) is 0 Å². The number of imidazole rings is 1. The third-order valence-electron chi connectivity index (χ3n) is 3.41. The minimum absolute atomic E-state index is 0.0439. The van der Waals surface area contributed by atoms with Gasteiger partial charge < -0.3 is 9.67 Å². The summed E-state index contributed by atoms with van der Waals surface area (Å²) in [6, 6.07) is 6.04. The standard InChI is InChI=1S/C14H15BrN2O2S2/c15-9-3-4-12-11(6-9)16-14(21-8-13(18)19)17(12)7-10-2-1-5-20-10/h3-4,6,10H,1-2,5,7-8H2,(H,18,19). The molecule has 0 amide bonds. The molecule has 1 atom stereocenters. The van der Waals surface area contributed by atoms with Crippen LogP contribution in [0, 0.1) is 0 Å². The number of carboxylic acids is 1. The second-order valence-electron chi connectivity index (χ2n) is 4.96. The lowest BCUT2D eigenvalue weighted by Gasteiger charge is -2.13. The zero-order chi connectivity index (χ0) is 14.8. The van der Waals surface area contributed by atoms with Gasteiger partial charge in [0.1, 0.15) is 0 Å². The average molecular weight is 387 g/mol. The van der Waals surface area contributed by atoms with Gasteiger partial charge in [0, 0.05) is 16.3 Å². The maximum atomic E-state index is 10.8. The number of aromatic nitrogens is 2. The van der Waals surface area contributed by atoms with Crippen molar-refractivity contribution in [3.63, 3.8) is 0 Å². The van der Waals surface area contributed by atoms with Crippen LogP contribution in [0.1, 0.15) is 12.8 Å². The van der Waals surface area contributed by atoms with Gasteiger partial charge in [-0.1, -0.05) is 27.7 Å². The number of carbonyl (C=O) groups is 1. The average Bonchev–Trinajstić information content (AvgIpc) is 3.05. The number of carboxylic acid groups (broad SMARTS) is 1. The number of nitrogens with zero attached hydrogens (tertiary/aromatic N) is 2. The summed E-state index contributed by atoms with van der Waals surface area (Å²) in [4.78, 5) is 15.4. The van der Waals surface area contributed by atoms with Crippen LogP contribution in [-0.4, -0.2) is 37.4 Å². The predicted octanol–water partition coefficient (Wildman–Crippen LogP) is 3.87. The van der Waals surface area contributed by atoms with Gasteiger partial charge in [0.15, 0.2) is 5.16 Å². The molecule has 1 unspecified atom stereocenters. The molecule has 1 fully saturated rings. The zero-order valence-corrected chi connectivity index (χ0v) is 14.5. The number of hydrogen-bond donors (Lipinski definition) is 1. The Morgan fingerprint density at radius 2 is 2.43 bits per heavy atom. The van der Waals surface area contributed by atoms with Gasteiger partial charge in [-0.3, -0.25) is 4.79 Å². The second kappa shape index (κ2) is 6.62. The number of rotatable bonds is 5. The van der Waals surface area contributed by atoms with Crippen molar-refractivity contribution in [2.75, 3.05) is 11.5 Å². The van der Waals surface area contributed by atoms with Crippen molar-refractivity contribution < 1.29 is 9.90 Å². The lowest BCUT2D eigenvalue weighted by atomic mass is 10.2. The van der Waals surface area contributed by atoms with Gasteiger partial charge in [-0.15, -0.1) is 0 Å². The van der Waals surface area contributed by atoms with Gasteiger partial charge in [-0.2, -0.15) is 11.8 Å². The minimum atomic E-state index is -0.810. The Labute approximate surface area is 139 Å². The van der Waals surface area contributed by atoms with E-state index in [2.05, 4.69) is 31.5 Å². The van der Waals surface area contributed by atoms with E-state index in [1.54, 1.807) is 0 Å². The molecule has 4 nitrogen and oxygen atoms in total. The third-order valence-corrected chi connectivity index (χ3v) is 6.25. The van der Waals surface area contributed by atoms with Crippen molar-refractivity contribution in [1.82, 2.24) is 9.55 Å². The first-order chi connectivity index (χ1) is 10.1. The van der Waals surface area contributed by atoms with E-state index in [-0.39, 0.29) is 5.75 Å². The molecule has 1 saturated heterocycles. The van der Waals surface area contributed by atoms with Crippen molar-refractivity contribution in [2.24, 2.45) is 0 Å². The Morgan fingerprint density at radius 3 is 3.14 bits per heavy atom. The van der Waals surface area contributed by atoms with E-state index in [9.17, 15) is 4.79 Å². The molecule has 2 aromatic rings. The summed E-state index contributed by atoms with van der Waals surface area (Å²) >= 11 is 6.76. The molecule has 1 aromatic heterocycles. The van der Waals surface area contributed by atoms with E-state index in [0.29, 0.717) is 5.25 Å². The van der Waals surface area contributed by atoms with Gasteiger partial charge in [0.25, 0.3) is 0 Å². The summed E-state index contributed by atoms with van der Waals surface area (Å²) in [5, 5.41) is 10.3. The molecule has 0 spiro atoms. The van der Waals surface area contributed by atoms with E-state index < -0.39 is 5.97 Å². The van der Waals surface area contributed by atoms with Crippen LogP contribution in [-0.2, 0) is 11.3 Å². The maximum Gasteiger partial charge on any atom is 0.313 e. The molecular weight excluding hydrogens is 372 g/mol. The molecule has 3 rings (SSSR count). The molecule has 0 radical (unpaired) electrons. The fourth-order valence-electron chi connectivity index (χ4n) is 2.49. The Morgan fingerprint density at radius 1 is 1.57 bits per heavy atom. The Kier molecular flexibility index (Phi) is 4.81. The van der Waals surface area contributed by atoms with E-state index in [4.69, 9.17) is 5.11 Å². The zero-order valence-electron chi connectivity index (χ0n) is 11.3. The molecular formula is C14H15BrN2O2S2. The van der Waals surface area contributed by atoms with E-state index in [0.717, 1.165) is 27.2 Å². The molecule has 1 aromatic carbocycles. The first-order valence-electron chi connectivity index (χ1n) is 6.75. The van der Waals surface area contributed by atoms with Crippen LogP contribution in [0.4, 0.5) is 0 Å². The minimum Gasteiger partial charge on any atom is -0.481 e. The highest BCUT2D eigenvalue weighted by Gasteiger charge is 2.20. The molecule has 0 saturated carbocycles. The molecule has 1 aliphatic rings. The van der Waals surface area contributed by atoms with Gasteiger partial charge in [0.05, 0.1) is 16.8 Å². The summed E-state index contributed by atoms with van der Waals surface area (Å²) in [5.74, 6) is 0.456. The summed E-state index contributed by atoms with van der Waals surface area (Å²) < 4.78 is 3.17. The first kappa shape index (κ1) is 15.2. The van der Waals surface area contributed by atoms with Gasteiger partial charge in [-0.25, -0.2) is 4.98 Å². The normalized spacial score (nSPS) is 18.4. The number of halogens is 1. The van der Waals surface area contributed by atoms with E-state index in [1.807, 2.05) is 23.9 Å². The van der Waals surface area contributed by atoms with Crippen molar-refractivity contribution in [1.29, 1.82) is 0 Å². The van der Waals surface area contributed by atoms with Gasteiger partial charge in [-0.05, 0) is 36.8 Å². The monoisotopic (exact) mass is 386 g/mol. The van der Waals surface area contributed by atoms with Gasteiger partial charge >= 0.3 is 5.97 Å². The van der Waals surface area contributed by atoms with Crippen LogP contribution in [0.3, 0.4) is 0 Å². The SMILES string of the molecule is O=C(O)CSc1nc2cc(Br)ccc2n1CC1CCCS1. The molecule has 112 valence electrons. The molecule has 1 aliphatic heterocycles. The van der Waals surface area contributed by atoms with E-state index in [1.165, 1.54) is 30.4 Å². The highest BCUT2D eigenvalue weighted by molar-refractivity contribution is 9.10. The summed E-state index contributed by atoms with van der Waals surface area (Å²) in [7, 11) is 0. The van der Waals surface area contributed by atoms with Crippen molar-refractivity contribution in [2.45, 2.75) is 29.8 Å². The van der Waals surface area contributed by atoms with Crippen LogP contribution in [0.2, 0.25) is 0 Å². The summed E-state index contributed by atoms with van der Waals surface area (Å²) in [6.07, 6.45) is 2.50. The third kappa shape index (κ3) is 3.57. The molecule has 7 heteroatoms. The van der Waals surface area contributed by atoms with Crippen LogP contribution in [0.15, 0.2) is 27.8 Å².